The topological polar surface area (TPSA) is 30.7 Å². The first-order chi connectivity index (χ1) is 19.2. The molecule has 0 bridgehead atoms. The van der Waals surface area contributed by atoms with Crippen LogP contribution in [0, 0.1) is 12.3 Å². The number of fused-ring (bicyclic) bond motifs is 3. The maximum absolute atomic E-state index is 5.42. The normalized spacial score (nSPS) is 11.9. The molecule has 0 aliphatic carbocycles. The van der Waals surface area contributed by atoms with Crippen molar-refractivity contribution in [1.82, 2.24) is 14.5 Å². The lowest BCUT2D eigenvalue weighted by Crippen LogP contribution is -1.91. The fourth-order valence-electron chi connectivity index (χ4n) is 5.13. The van der Waals surface area contributed by atoms with Crippen LogP contribution >= 0.6 is 0 Å². The van der Waals surface area contributed by atoms with E-state index in [-0.39, 0.29) is 0 Å². The van der Waals surface area contributed by atoms with Crippen molar-refractivity contribution >= 4 is 27.4 Å². The van der Waals surface area contributed by atoms with Crippen molar-refractivity contribution in [3.05, 3.63) is 127 Å². The molecule has 0 spiro atoms. The third-order valence-corrected chi connectivity index (χ3v) is 7.13. The van der Waals surface area contributed by atoms with Crippen LogP contribution in [0.5, 0.6) is 0 Å². The summed E-state index contributed by atoms with van der Waals surface area (Å²) in [7, 11) is 2.12. The average Bonchev–Trinajstić information content (AvgIpc) is 3.28. The van der Waals surface area contributed by atoms with Gasteiger partial charge in [-0.3, -0.25) is 0 Å². The number of aromatic nitrogens is 3. The van der Waals surface area contributed by atoms with Gasteiger partial charge in [-0.15, -0.1) is 6.42 Å². The number of pyridine rings is 2. The van der Waals surface area contributed by atoms with Crippen LogP contribution < -0.4 is 0 Å². The van der Waals surface area contributed by atoms with Crippen LogP contribution in [-0.4, -0.2) is 14.5 Å². The standard InChI is InChI=1S/C36H27N3/c1-4-6-12-25(5-2)31-15-10-17-33(37-31)27-19-21-35-29(23-27)30-24-28(20-22-36(30)39(35)3)34-18-11-16-32(38-34)26-13-8-7-9-14-26/h1,5-24H,2-3H3/b12-6-,25-5+. The van der Waals surface area contributed by atoms with E-state index in [1.165, 1.54) is 21.8 Å². The van der Waals surface area contributed by atoms with Gasteiger partial charge in [0, 0.05) is 45.5 Å². The highest BCUT2D eigenvalue weighted by atomic mass is 14.9. The number of allylic oxidation sites excluding steroid dienone is 4. The van der Waals surface area contributed by atoms with Crippen molar-refractivity contribution in [3.8, 4) is 46.1 Å². The molecule has 0 radical (unpaired) electrons. The molecular weight excluding hydrogens is 474 g/mol. The lowest BCUT2D eigenvalue weighted by atomic mass is 10.0. The van der Waals surface area contributed by atoms with Gasteiger partial charge in [-0.1, -0.05) is 66.6 Å². The Kier molecular flexibility index (Phi) is 6.37. The monoisotopic (exact) mass is 501 g/mol. The van der Waals surface area contributed by atoms with E-state index in [4.69, 9.17) is 16.4 Å². The summed E-state index contributed by atoms with van der Waals surface area (Å²) in [5, 5.41) is 2.39. The van der Waals surface area contributed by atoms with Gasteiger partial charge in [0.1, 0.15) is 0 Å². The summed E-state index contributed by atoms with van der Waals surface area (Å²) in [6.45, 7) is 1.99. The second-order valence-electron chi connectivity index (χ2n) is 9.45. The van der Waals surface area contributed by atoms with Gasteiger partial charge in [-0.2, -0.15) is 0 Å². The molecule has 3 heteroatoms. The maximum atomic E-state index is 5.42. The molecule has 6 aromatic rings. The molecule has 6 rings (SSSR count). The first-order valence-electron chi connectivity index (χ1n) is 13.0. The minimum absolute atomic E-state index is 0.895. The lowest BCUT2D eigenvalue weighted by Gasteiger charge is -2.07. The molecular formula is C36H27N3. The maximum Gasteiger partial charge on any atom is 0.0709 e. The Labute approximate surface area is 228 Å². The van der Waals surface area contributed by atoms with E-state index in [2.05, 4.69) is 90.3 Å². The first-order valence-corrected chi connectivity index (χ1v) is 13.0. The van der Waals surface area contributed by atoms with E-state index in [9.17, 15) is 0 Å². The predicted molar refractivity (Wildman–Crippen MR) is 164 cm³/mol. The highest BCUT2D eigenvalue weighted by molar-refractivity contribution is 6.10. The molecule has 0 fully saturated rings. The van der Waals surface area contributed by atoms with E-state index < -0.39 is 0 Å². The van der Waals surface area contributed by atoms with Crippen molar-refractivity contribution in [2.24, 2.45) is 7.05 Å². The number of hydrogen-bond acceptors (Lipinski definition) is 2. The lowest BCUT2D eigenvalue weighted by molar-refractivity contribution is 1.01. The van der Waals surface area contributed by atoms with Crippen LogP contribution in [0.15, 0.2) is 121 Å². The Morgan fingerprint density at radius 1 is 0.692 bits per heavy atom. The second kappa shape index (κ2) is 10.3. The Bertz CT molecular complexity index is 1930. The molecule has 3 aromatic heterocycles. The fraction of sp³-hybridized carbons (Fsp3) is 0.0556. The first kappa shape index (κ1) is 24.2. The van der Waals surface area contributed by atoms with E-state index >= 15 is 0 Å². The van der Waals surface area contributed by atoms with Crippen LogP contribution in [0.1, 0.15) is 12.6 Å². The van der Waals surface area contributed by atoms with Crippen molar-refractivity contribution in [1.29, 1.82) is 0 Å². The molecule has 3 aromatic carbocycles. The molecule has 186 valence electrons. The molecule has 0 N–H and O–H groups in total. The molecule has 0 saturated heterocycles. The van der Waals surface area contributed by atoms with Crippen LogP contribution in [0.3, 0.4) is 0 Å². The van der Waals surface area contributed by atoms with Gasteiger partial charge in [0.05, 0.1) is 22.8 Å². The molecule has 39 heavy (non-hydrogen) atoms. The minimum atomic E-state index is 0.895. The van der Waals surface area contributed by atoms with E-state index in [0.29, 0.717) is 0 Å². The van der Waals surface area contributed by atoms with Crippen molar-refractivity contribution in [2.75, 3.05) is 0 Å². The zero-order valence-corrected chi connectivity index (χ0v) is 22.0. The second-order valence-corrected chi connectivity index (χ2v) is 9.45. The summed E-state index contributed by atoms with van der Waals surface area (Å²) >= 11 is 0. The SMILES string of the molecule is C#C/C=C\C(=C/C)c1cccc(-c2ccc3c(c2)c2cc(-c4cccc(-c5ccccc5)n4)ccc2n3C)n1. The zero-order valence-electron chi connectivity index (χ0n) is 22.0. The summed E-state index contributed by atoms with van der Waals surface area (Å²) in [5.41, 5.74) is 10.4. The fourth-order valence-corrected chi connectivity index (χ4v) is 5.13. The molecule has 0 amide bonds. The smallest absolute Gasteiger partial charge is 0.0709 e. The summed E-state index contributed by atoms with van der Waals surface area (Å²) in [6, 6.07) is 35.8. The molecule has 3 nitrogen and oxygen atoms in total. The summed E-state index contributed by atoms with van der Waals surface area (Å²) < 4.78 is 2.25. The summed E-state index contributed by atoms with van der Waals surface area (Å²) in [4.78, 5) is 9.95. The zero-order chi connectivity index (χ0) is 26.8. The van der Waals surface area contributed by atoms with Crippen molar-refractivity contribution in [2.45, 2.75) is 6.92 Å². The molecule has 0 saturated carbocycles. The number of aryl methyl sites for hydroxylation is 1. The van der Waals surface area contributed by atoms with E-state index in [0.717, 1.165) is 45.0 Å². The largest absolute Gasteiger partial charge is 0.344 e. The molecule has 0 aliphatic heterocycles. The number of rotatable bonds is 5. The van der Waals surface area contributed by atoms with Crippen LogP contribution in [0.4, 0.5) is 0 Å². The Morgan fingerprint density at radius 3 is 1.90 bits per heavy atom. The molecule has 0 atom stereocenters. The Morgan fingerprint density at radius 2 is 1.28 bits per heavy atom. The molecule has 0 unspecified atom stereocenters. The van der Waals surface area contributed by atoms with Gasteiger partial charge in [-0.25, -0.2) is 9.97 Å². The minimum Gasteiger partial charge on any atom is -0.344 e. The van der Waals surface area contributed by atoms with Crippen LogP contribution in [-0.2, 0) is 7.05 Å². The Balaban J connectivity index is 1.45. The number of terminal acetylenes is 1. The molecule has 0 aliphatic rings. The van der Waals surface area contributed by atoms with Gasteiger partial charge in [-0.05, 0) is 73.2 Å². The summed E-state index contributed by atoms with van der Waals surface area (Å²) in [6.07, 6.45) is 11.1. The van der Waals surface area contributed by atoms with Gasteiger partial charge in [0.15, 0.2) is 0 Å². The molecule has 3 heterocycles. The number of nitrogens with zero attached hydrogens (tertiary/aromatic N) is 3. The third-order valence-electron chi connectivity index (χ3n) is 7.13. The van der Waals surface area contributed by atoms with E-state index in [1.54, 1.807) is 6.08 Å². The van der Waals surface area contributed by atoms with E-state index in [1.807, 2.05) is 49.4 Å². The number of benzene rings is 3. The van der Waals surface area contributed by atoms with Gasteiger partial charge in [0.2, 0.25) is 0 Å². The average molecular weight is 502 g/mol. The third kappa shape index (κ3) is 4.54. The van der Waals surface area contributed by atoms with Gasteiger partial charge >= 0.3 is 0 Å². The van der Waals surface area contributed by atoms with Crippen molar-refractivity contribution in [3.63, 3.8) is 0 Å². The van der Waals surface area contributed by atoms with Gasteiger partial charge < -0.3 is 4.57 Å². The highest BCUT2D eigenvalue weighted by Gasteiger charge is 2.13. The highest BCUT2D eigenvalue weighted by Crippen LogP contribution is 2.34. The predicted octanol–water partition coefficient (Wildman–Crippen LogP) is 8.72. The quantitative estimate of drug-likeness (QED) is 0.175. The van der Waals surface area contributed by atoms with Crippen LogP contribution in [0.25, 0.3) is 61.2 Å². The van der Waals surface area contributed by atoms with Gasteiger partial charge in [0.25, 0.3) is 0 Å². The number of hydrogen-bond donors (Lipinski definition) is 0. The van der Waals surface area contributed by atoms with Crippen molar-refractivity contribution < 1.29 is 0 Å². The Hall–Kier alpha value is -5.20. The summed E-state index contributed by atoms with van der Waals surface area (Å²) in [5.74, 6) is 2.56. The van der Waals surface area contributed by atoms with Crippen LogP contribution in [0.2, 0.25) is 0 Å².